The van der Waals surface area contributed by atoms with Crippen LogP contribution in [-0.2, 0) is 16.1 Å². The first kappa shape index (κ1) is 15.4. The van der Waals surface area contributed by atoms with Gasteiger partial charge in [0.05, 0.1) is 13.7 Å². The lowest BCUT2D eigenvalue weighted by Crippen LogP contribution is -2.58. The van der Waals surface area contributed by atoms with Crippen molar-refractivity contribution in [2.45, 2.75) is 32.9 Å². The number of carbonyl (C=O) groups is 2. The second-order valence-electron chi connectivity index (χ2n) is 5.31. The Labute approximate surface area is 125 Å². The Kier molecular flexibility index (Phi) is 4.83. The number of benzene rings is 1. The maximum absolute atomic E-state index is 12.3. The lowest BCUT2D eigenvalue weighted by molar-refractivity contribution is -0.155. The second kappa shape index (κ2) is 6.61. The quantitative estimate of drug-likeness (QED) is 0.829. The lowest BCUT2D eigenvalue weighted by atomic mass is 10.1. The Morgan fingerprint density at radius 1 is 1.33 bits per heavy atom. The van der Waals surface area contributed by atoms with Crippen LogP contribution in [0.2, 0.25) is 0 Å². The van der Waals surface area contributed by atoms with Crippen LogP contribution in [0.15, 0.2) is 24.3 Å². The molecule has 0 saturated carbocycles. The zero-order chi connectivity index (χ0) is 15.4. The van der Waals surface area contributed by atoms with Crippen molar-refractivity contribution >= 4 is 11.8 Å². The molecule has 2 amide bonds. The minimum Gasteiger partial charge on any atom is -0.497 e. The molecule has 1 fully saturated rings. The van der Waals surface area contributed by atoms with Gasteiger partial charge in [0.25, 0.3) is 0 Å². The van der Waals surface area contributed by atoms with Gasteiger partial charge in [0.1, 0.15) is 11.8 Å². The summed E-state index contributed by atoms with van der Waals surface area (Å²) in [6, 6.07) is 7.16. The summed E-state index contributed by atoms with van der Waals surface area (Å²) in [5.41, 5.74) is 0.964. The van der Waals surface area contributed by atoms with Crippen LogP contribution in [0, 0.1) is 0 Å². The normalized spacial score (nSPS) is 19.1. The van der Waals surface area contributed by atoms with E-state index in [1.165, 1.54) is 0 Å². The summed E-state index contributed by atoms with van der Waals surface area (Å²) in [6.07, 6.45) is 0.863. The van der Waals surface area contributed by atoms with E-state index in [1.54, 1.807) is 23.8 Å². The van der Waals surface area contributed by atoms with Crippen molar-refractivity contribution in [3.8, 4) is 5.75 Å². The van der Waals surface area contributed by atoms with Crippen LogP contribution < -0.4 is 4.74 Å². The van der Waals surface area contributed by atoms with Gasteiger partial charge in [-0.05, 0) is 31.0 Å². The SMILES string of the molecule is CCCN1CC(=O)N(Cc2cccc(OC)c2)[C@H](C)C1=O. The zero-order valence-electron chi connectivity index (χ0n) is 12.8. The molecule has 1 aromatic carbocycles. The van der Waals surface area contributed by atoms with Gasteiger partial charge in [-0.2, -0.15) is 0 Å². The first-order valence-electron chi connectivity index (χ1n) is 7.28. The van der Waals surface area contributed by atoms with E-state index in [-0.39, 0.29) is 18.4 Å². The number of hydrogen-bond acceptors (Lipinski definition) is 3. The van der Waals surface area contributed by atoms with Gasteiger partial charge in [-0.3, -0.25) is 9.59 Å². The van der Waals surface area contributed by atoms with Crippen molar-refractivity contribution in [1.29, 1.82) is 0 Å². The third kappa shape index (κ3) is 3.35. The Balaban J connectivity index is 2.12. The summed E-state index contributed by atoms with van der Waals surface area (Å²) in [7, 11) is 1.61. The standard InChI is InChI=1S/C16H22N2O3/c1-4-8-17-11-15(19)18(12(2)16(17)20)10-13-6-5-7-14(9-13)21-3/h5-7,9,12H,4,8,10-11H2,1-3H3/t12-/m1/s1. The zero-order valence-corrected chi connectivity index (χ0v) is 12.8. The van der Waals surface area contributed by atoms with E-state index in [9.17, 15) is 9.59 Å². The van der Waals surface area contributed by atoms with Gasteiger partial charge in [0.2, 0.25) is 11.8 Å². The molecule has 0 N–H and O–H groups in total. The number of ether oxygens (including phenoxy) is 1. The van der Waals surface area contributed by atoms with Crippen LogP contribution in [-0.4, -0.2) is 47.9 Å². The van der Waals surface area contributed by atoms with Gasteiger partial charge in [-0.1, -0.05) is 19.1 Å². The Morgan fingerprint density at radius 3 is 2.76 bits per heavy atom. The molecule has 114 valence electrons. The second-order valence-corrected chi connectivity index (χ2v) is 5.31. The summed E-state index contributed by atoms with van der Waals surface area (Å²) in [6.45, 7) is 5.05. The van der Waals surface area contributed by atoms with Gasteiger partial charge >= 0.3 is 0 Å². The minimum atomic E-state index is -0.413. The van der Waals surface area contributed by atoms with E-state index in [0.717, 1.165) is 17.7 Å². The van der Waals surface area contributed by atoms with Crippen LogP contribution in [0.5, 0.6) is 5.75 Å². The first-order valence-corrected chi connectivity index (χ1v) is 7.28. The number of nitrogens with zero attached hydrogens (tertiary/aromatic N) is 2. The molecular formula is C16H22N2O3. The van der Waals surface area contributed by atoms with Crippen molar-refractivity contribution in [1.82, 2.24) is 9.80 Å². The molecule has 1 aliphatic rings. The van der Waals surface area contributed by atoms with Crippen molar-refractivity contribution in [2.75, 3.05) is 20.2 Å². The summed E-state index contributed by atoms with van der Waals surface area (Å²) < 4.78 is 5.19. The van der Waals surface area contributed by atoms with E-state index in [2.05, 4.69) is 0 Å². The highest BCUT2D eigenvalue weighted by atomic mass is 16.5. The highest BCUT2D eigenvalue weighted by Crippen LogP contribution is 2.19. The largest absolute Gasteiger partial charge is 0.497 e. The molecule has 5 nitrogen and oxygen atoms in total. The molecule has 0 spiro atoms. The summed E-state index contributed by atoms with van der Waals surface area (Å²) >= 11 is 0. The number of methoxy groups -OCH3 is 1. The predicted octanol–water partition coefficient (Wildman–Crippen LogP) is 1.66. The molecule has 1 aromatic rings. The van der Waals surface area contributed by atoms with Gasteiger partial charge in [0, 0.05) is 13.1 Å². The molecule has 0 bridgehead atoms. The fourth-order valence-electron chi connectivity index (χ4n) is 2.60. The monoisotopic (exact) mass is 290 g/mol. The molecule has 0 radical (unpaired) electrons. The highest BCUT2D eigenvalue weighted by Gasteiger charge is 2.35. The Hall–Kier alpha value is -2.04. The molecular weight excluding hydrogens is 268 g/mol. The molecule has 2 rings (SSSR count). The average Bonchev–Trinajstić information content (AvgIpc) is 2.49. The summed E-state index contributed by atoms with van der Waals surface area (Å²) in [5.74, 6) is 0.779. The first-order chi connectivity index (χ1) is 10.1. The van der Waals surface area contributed by atoms with Crippen LogP contribution >= 0.6 is 0 Å². The minimum absolute atomic E-state index is 0.00151. The van der Waals surface area contributed by atoms with E-state index in [4.69, 9.17) is 4.74 Å². The van der Waals surface area contributed by atoms with E-state index < -0.39 is 6.04 Å². The van der Waals surface area contributed by atoms with E-state index in [0.29, 0.717) is 13.1 Å². The number of piperazine rings is 1. The molecule has 21 heavy (non-hydrogen) atoms. The highest BCUT2D eigenvalue weighted by molar-refractivity contribution is 5.94. The van der Waals surface area contributed by atoms with Crippen LogP contribution in [0.3, 0.4) is 0 Å². The average molecular weight is 290 g/mol. The van der Waals surface area contributed by atoms with Gasteiger partial charge in [0.15, 0.2) is 0 Å². The summed E-state index contributed by atoms with van der Waals surface area (Å²) in [5, 5.41) is 0. The fourth-order valence-corrected chi connectivity index (χ4v) is 2.60. The van der Waals surface area contributed by atoms with Gasteiger partial charge < -0.3 is 14.5 Å². The molecule has 5 heteroatoms. The maximum atomic E-state index is 12.3. The van der Waals surface area contributed by atoms with Crippen LogP contribution in [0.25, 0.3) is 0 Å². The topological polar surface area (TPSA) is 49.9 Å². The third-order valence-corrected chi connectivity index (χ3v) is 3.76. The Morgan fingerprint density at radius 2 is 2.10 bits per heavy atom. The van der Waals surface area contributed by atoms with Crippen molar-refractivity contribution in [3.05, 3.63) is 29.8 Å². The molecule has 0 unspecified atom stereocenters. The molecule has 1 atom stereocenters. The molecule has 1 aliphatic heterocycles. The van der Waals surface area contributed by atoms with Crippen molar-refractivity contribution < 1.29 is 14.3 Å². The lowest BCUT2D eigenvalue weighted by Gasteiger charge is -2.38. The number of amides is 2. The van der Waals surface area contributed by atoms with E-state index >= 15 is 0 Å². The van der Waals surface area contributed by atoms with Gasteiger partial charge in [-0.25, -0.2) is 0 Å². The van der Waals surface area contributed by atoms with E-state index in [1.807, 2.05) is 31.2 Å². The smallest absolute Gasteiger partial charge is 0.245 e. The summed E-state index contributed by atoms with van der Waals surface area (Å²) in [4.78, 5) is 27.9. The molecule has 1 saturated heterocycles. The fraction of sp³-hybridized carbons (Fsp3) is 0.500. The van der Waals surface area contributed by atoms with Crippen LogP contribution in [0.4, 0.5) is 0 Å². The molecule has 0 aromatic heterocycles. The van der Waals surface area contributed by atoms with Crippen LogP contribution in [0.1, 0.15) is 25.8 Å². The molecule has 0 aliphatic carbocycles. The number of hydrogen-bond donors (Lipinski definition) is 0. The van der Waals surface area contributed by atoms with Gasteiger partial charge in [-0.15, -0.1) is 0 Å². The van der Waals surface area contributed by atoms with Crippen molar-refractivity contribution in [2.24, 2.45) is 0 Å². The molecule has 1 heterocycles. The predicted molar refractivity (Wildman–Crippen MR) is 79.9 cm³/mol. The maximum Gasteiger partial charge on any atom is 0.245 e. The van der Waals surface area contributed by atoms with Crippen molar-refractivity contribution in [3.63, 3.8) is 0 Å². The Bertz CT molecular complexity index is 530. The number of carbonyl (C=O) groups excluding carboxylic acids is 2. The third-order valence-electron chi connectivity index (χ3n) is 3.76. The number of rotatable bonds is 5.